The van der Waals surface area contributed by atoms with Crippen molar-refractivity contribution in [2.75, 3.05) is 5.32 Å². The van der Waals surface area contributed by atoms with Crippen LogP contribution in [0, 0.1) is 0 Å². The third-order valence-corrected chi connectivity index (χ3v) is 5.37. The van der Waals surface area contributed by atoms with Crippen LogP contribution in [0.1, 0.15) is 10.4 Å². The van der Waals surface area contributed by atoms with Crippen LogP contribution >= 0.6 is 47.0 Å². The molecule has 4 rings (SSSR count). The fourth-order valence-corrected chi connectivity index (χ4v) is 3.38. The summed E-state index contributed by atoms with van der Waals surface area (Å²) in [6.07, 6.45) is 0. The van der Waals surface area contributed by atoms with E-state index in [9.17, 15) is 4.79 Å². The lowest BCUT2D eigenvalue weighted by Crippen LogP contribution is -2.34. The van der Waals surface area contributed by atoms with Crippen molar-refractivity contribution < 1.29 is 4.79 Å². The minimum Gasteiger partial charge on any atom is -0.331 e. The highest BCUT2D eigenvalue weighted by Gasteiger charge is 2.13. The number of hydrogen-bond acceptors (Lipinski definition) is 4. The van der Waals surface area contributed by atoms with Gasteiger partial charge in [-0.1, -0.05) is 53.0 Å². The van der Waals surface area contributed by atoms with Crippen LogP contribution < -0.4 is 10.6 Å². The van der Waals surface area contributed by atoms with Gasteiger partial charge in [0.05, 0.1) is 26.4 Å². The van der Waals surface area contributed by atoms with Crippen molar-refractivity contribution in [2.45, 2.75) is 0 Å². The molecule has 0 aliphatic rings. The van der Waals surface area contributed by atoms with Crippen molar-refractivity contribution >= 4 is 74.8 Å². The van der Waals surface area contributed by atoms with Crippen LogP contribution in [0.2, 0.25) is 15.1 Å². The van der Waals surface area contributed by atoms with E-state index in [-0.39, 0.29) is 10.1 Å². The number of amides is 1. The number of hydrogen-bond donors (Lipinski definition) is 2. The molecule has 0 bridgehead atoms. The van der Waals surface area contributed by atoms with Gasteiger partial charge in [0.1, 0.15) is 11.0 Å². The topological polar surface area (TPSA) is 71.8 Å². The summed E-state index contributed by atoms with van der Waals surface area (Å²) in [4.78, 5) is 13.9. The Kier molecular flexibility index (Phi) is 5.87. The molecule has 0 spiro atoms. The van der Waals surface area contributed by atoms with Gasteiger partial charge < -0.3 is 5.32 Å². The van der Waals surface area contributed by atoms with Gasteiger partial charge in [0.2, 0.25) is 0 Å². The predicted molar refractivity (Wildman–Crippen MR) is 124 cm³/mol. The number of carbonyl (C=O) groups excluding carboxylic acids is 1. The molecule has 30 heavy (non-hydrogen) atoms. The molecule has 3 aromatic carbocycles. The summed E-state index contributed by atoms with van der Waals surface area (Å²) in [6.45, 7) is 0. The molecule has 6 nitrogen and oxygen atoms in total. The van der Waals surface area contributed by atoms with E-state index >= 15 is 0 Å². The number of rotatable bonds is 3. The fraction of sp³-hybridized carbons (Fsp3) is 0. The van der Waals surface area contributed by atoms with Crippen molar-refractivity contribution in [3.63, 3.8) is 0 Å². The molecule has 0 fully saturated rings. The van der Waals surface area contributed by atoms with Crippen LogP contribution in [0.3, 0.4) is 0 Å². The van der Waals surface area contributed by atoms with Gasteiger partial charge in [0, 0.05) is 5.56 Å². The summed E-state index contributed by atoms with van der Waals surface area (Å²) in [5, 5.41) is 15.5. The Morgan fingerprint density at radius 2 is 1.57 bits per heavy atom. The third kappa shape index (κ3) is 4.39. The SMILES string of the molecule is O=C(NC(=S)Nc1cc2nn(-c3ccccc3)nc2cc1Cl)c1ccc(Cl)c(Cl)c1. The lowest BCUT2D eigenvalue weighted by atomic mass is 10.2. The highest BCUT2D eigenvalue weighted by atomic mass is 35.5. The van der Waals surface area contributed by atoms with Gasteiger partial charge in [0.15, 0.2) is 5.11 Å². The zero-order chi connectivity index (χ0) is 21.3. The van der Waals surface area contributed by atoms with E-state index in [1.807, 2.05) is 30.3 Å². The summed E-state index contributed by atoms with van der Waals surface area (Å²) in [6, 6.07) is 17.4. The average Bonchev–Trinajstić information content (AvgIpc) is 3.13. The maximum absolute atomic E-state index is 12.4. The molecule has 0 saturated heterocycles. The first-order valence-electron chi connectivity index (χ1n) is 8.60. The summed E-state index contributed by atoms with van der Waals surface area (Å²) < 4.78 is 0. The first kappa shape index (κ1) is 20.6. The first-order valence-corrected chi connectivity index (χ1v) is 10.1. The Balaban J connectivity index is 1.52. The van der Waals surface area contributed by atoms with Gasteiger partial charge in [-0.3, -0.25) is 10.1 Å². The van der Waals surface area contributed by atoms with Crippen LogP contribution in [-0.4, -0.2) is 26.0 Å². The molecule has 1 heterocycles. The van der Waals surface area contributed by atoms with Crippen molar-refractivity contribution in [3.8, 4) is 5.69 Å². The van der Waals surface area contributed by atoms with Gasteiger partial charge in [-0.2, -0.15) is 4.80 Å². The van der Waals surface area contributed by atoms with Gasteiger partial charge in [-0.05, 0) is 54.7 Å². The maximum Gasteiger partial charge on any atom is 0.257 e. The van der Waals surface area contributed by atoms with Crippen LogP contribution in [0.4, 0.5) is 5.69 Å². The third-order valence-electron chi connectivity index (χ3n) is 4.11. The predicted octanol–water partition coefficient (Wildman–Crippen LogP) is 5.51. The lowest BCUT2D eigenvalue weighted by Gasteiger charge is -2.11. The number of carbonyl (C=O) groups is 1. The second-order valence-electron chi connectivity index (χ2n) is 6.18. The average molecular weight is 477 g/mol. The van der Waals surface area contributed by atoms with Crippen LogP contribution in [0.15, 0.2) is 60.7 Å². The Morgan fingerprint density at radius 1 is 0.867 bits per heavy atom. The normalized spacial score (nSPS) is 10.8. The summed E-state index contributed by atoms with van der Waals surface area (Å²) >= 11 is 23.4. The molecule has 2 N–H and O–H groups in total. The molecule has 150 valence electrons. The van der Waals surface area contributed by atoms with Crippen LogP contribution in [0.25, 0.3) is 16.7 Å². The number of para-hydroxylation sites is 1. The van der Waals surface area contributed by atoms with E-state index in [1.165, 1.54) is 16.9 Å². The number of halogens is 3. The Labute approximate surface area is 191 Å². The van der Waals surface area contributed by atoms with Crippen molar-refractivity contribution in [1.82, 2.24) is 20.3 Å². The smallest absolute Gasteiger partial charge is 0.257 e. The van der Waals surface area contributed by atoms with Crippen molar-refractivity contribution in [2.24, 2.45) is 0 Å². The van der Waals surface area contributed by atoms with Gasteiger partial charge in [-0.15, -0.1) is 10.2 Å². The minimum atomic E-state index is -0.432. The molecule has 0 aliphatic heterocycles. The van der Waals surface area contributed by atoms with E-state index in [1.54, 1.807) is 18.2 Å². The zero-order valence-corrected chi connectivity index (χ0v) is 18.1. The number of anilines is 1. The van der Waals surface area contributed by atoms with Gasteiger partial charge >= 0.3 is 0 Å². The Hall–Kier alpha value is -2.71. The number of aromatic nitrogens is 3. The number of benzene rings is 3. The number of thiocarbonyl (C=S) groups is 1. The van der Waals surface area contributed by atoms with Crippen LogP contribution in [0.5, 0.6) is 0 Å². The van der Waals surface area contributed by atoms with Crippen molar-refractivity contribution in [1.29, 1.82) is 0 Å². The maximum atomic E-state index is 12.4. The monoisotopic (exact) mass is 475 g/mol. The van der Waals surface area contributed by atoms with E-state index in [4.69, 9.17) is 47.0 Å². The summed E-state index contributed by atoms with van der Waals surface area (Å²) in [7, 11) is 0. The molecule has 0 radical (unpaired) electrons. The largest absolute Gasteiger partial charge is 0.331 e. The molecule has 0 unspecified atom stereocenters. The Morgan fingerprint density at radius 3 is 2.27 bits per heavy atom. The van der Waals surface area contributed by atoms with E-state index in [0.29, 0.717) is 32.3 Å². The lowest BCUT2D eigenvalue weighted by molar-refractivity contribution is 0.0977. The van der Waals surface area contributed by atoms with Crippen molar-refractivity contribution in [3.05, 3.63) is 81.3 Å². The van der Waals surface area contributed by atoms with Gasteiger partial charge in [0.25, 0.3) is 5.91 Å². The molecule has 0 atom stereocenters. The quantitative estimate of drug-likeness (QED) is 0.382. The summed E-state index contributed by atoms with van der Waals surface area (Å²) in [5.41, 5.74) is 2.87. The molecule has 1 amide bonds. The fourth-order valence-electron chi connectivity index (χ4n) is 2.68. The molecule has 1 aromatic heterocycles. The minimum absolute atomic E-state index is 0.0720. The molecule has 0 saturated carbocycles. The zero-order valence-electron chi connectivity index (χ0n) is 15.1. The number of nitrogens with one attached hydrogen (secondary N) is 2. The molecule has 0 aliphatic carbocycles. The standard InChI is InChI=1S/C20H12Cl3N5OS/c21-13-7-6-11(8-14(13)22)19(29)25-20(30)24-16-10-18-17(9-15(16)23)26-28(27-18)12-4-2-1-3-5-12/h1-10H,(H2,24,25,29,30). The Bertz CT molecular complexity index is 1280. The van der Waals surface area contributed by atoms with Gasteiger partial charge in [-0.25, -0.2) is 0 Å². The second-order valence-corrected chi connectivity index (χ2v) is 7.81. The van der Waals surface area contributed by atoms with E-state index in [0.717, 1.165) is 5.69 Å². The van der Waals surface area contributed by atoms with E-state index < -0.39 is 5.91 Å². The highest BCUT2D eigenvalue weighted by Crippen LogP contribution is 2.27. The van der Waals surface area contributed by atoms with E-state index in [2.05, 4.69) is 20.8 Å². The second kappa shape index (κ2) is 8.57. The highest BCUT2D eigenvalue weighted by molar-refractivity contribution is 7.80. The molecule has 4 aromatic rings. The molecule has 10 heteroatoms. The molecular weight excluding hydrogens is 465 g/mol. The summed E-state index contributed by atoms with van der Waals surface area (Å²) in [5.74, 6) is -0.432. The van der Waals surface area contributed by atoms with Crippen LogP contribution in [-0.2, 0) is 0 Å². The molecular formula is C20H12Cl3N5OS. The number of nitrogens with zero attached hydrogens (tertiary/aromatic N) is 3. The first-order chi connectivity index (χ1) is 14.4. The number of fused-ring (bicyclic) bond motifs is 1.